The quantitative estimate of drug-likeness (QED) is 0.173. The van der Waals surface area contributed by atoms with Crippen molar-refractivity contribution in [2.75, 3.05) is 9.80 Å². The van der Waals surface area contributed by atoms with E-state index >= 15 is 0 Å². The van der Waals surface area contributed by atoms with Gasteiger partial charge in [-0.2, -0.15) is 0 Å². The van der Waals surface area contributed by atoms with Gasteiger partial charge in [-0.1, -0.05) is 64.7 Å². The maximum Gasteiger partial charge on any atom is 0.137 e. The van der Waals surface area contributed by atoms with Crippen molar-refractivity contribution in [2.45, 2.75) is 40.5 Å². The predicted molar refractivity (Wildman–Crippen MR) is 227 cm³/mol. The summed E-state index contributed by atoms with van der Waals surface area (Å²) >= 11 is 0. The number of anilines is 5. The van der Waals surface area contributed by atoms with Crippen molar-refractivity contribution in [1.29, 1.82) is 0 Å². The smallest absolute Gasteiger partial charge is 0.137 e. The highest BCUT2D eigenvalue weighted by molar-refractivity contribution is 6.15. The Balaban J connectivity index is 1.06. The first-order valence-corrected chi connectivity index (χ1v) is 18.8. The summed E-state index contributed by atoms with van der Waals surface area (Å²) in [5.74, 6) is 0. The lowest BCUT2D eigenvalue weighted by Crippen LogP contribution is -2.17. The number of allylic oxidation sites excluding steroid dienone is 4. The lowest BCUT2D eigenvalue weighted by atomic mass is 10.0. The third kappa shape index (κ3) is 5.54. The average molecular weight is 701 g/mol. The fraction of sp³-hybridized carbons (Fsp3) is 0.120. The van der Waals surface area contributed by atoms with Crippen LogP contribution in [0.15, 0.2) is 166 Å². The van der Waals surface area contributed by atoms with E-state index in [1.54, 1.807) is 0 Å². The Morgan fingerprint density at radius 2 is 0.778 bits per heavy atom. The zero-order valence-corrected chi connectivity index (χ0v) is 31.0. The second-order valence-electron chi connectivity index (χ2n) is 15.0. The van der Waals surface area contributed by atoms with Gasteiger partial charge in [0.1, 0.15) is 22.3 Å². The van der Waals surface area contributed by atoms with Crippen LogP contribution in [-0.4, -0.2) is 0 Å². The molecule has 0 amide bonds. The molecule has 2 heterocycles. The van der Waals surface area contributed by atoms with Gasteiger partial charge in [0.2, 0.25) is 0 Å². The first-order chi connectivity index (χ1) is 26.3. The van der Waals surface area contributed by atoms with Gasteiger partial charge in [-0.15, -0.1) is 0 Å². The Labute approximate surface area is 314 Å². The normalized spacial score (nSPS) is 13.3. The van der Waals surface area contributed by atoms with Crippen molar-refractivity contribution in [2.24, 2.45) is 0 Å². The number of aryl methyl sites for hydroxylation is 3. The molecule has 4 heteroatoms. The largest absolute Gasteiger partial charge is 0.456 e. The third-order valence-corrected chi connectivity index (χ3v) is 11.0. The van der Waals surface area contributed by atoms with Gasteiger partial charge in [0.25, 0.3) is 0 Å². The summed E-state index contributed by atoms with van der Waals surface area (Å²) in [6.45, 7) is 8.58. The third-order valence-electron chi connectivity index (χ3n) is 11.0. The summed E-state index contributed by atoms with van der Waals surface area (Å²) in [6.07, 6.45) is 6.56. The number of fused-ring (bicyclic) bond motifs is 7. The number of nitrogens with zero attached hydrogens (tertiary/aromatic N) is 2. The highest BCUT2D eigenvalue weighted by atomic mass is 16.3. The maximum atomic E-state index is 6.63. The van der Waals surface area contributed by atoms with E-state index in [1.807, 2.05) is 0 Å². The van der Waals surface area contributed by atoms with Crippen LogP contribution in [0.3, 0.4) is 0 Å². The molecule has 0 saturated heterocycles. The van der Waals surface area contributed by atoms with E-state index in [0.717, 1.165) is 95.9 Å². The highest BCUT2D eigenvalue weighted by Crippen LogP contribution is 2.42. The molecular weight excluding hydrogens is 661 g/mol. The molecule has 0 bridgehead atoms. The molecule has 262 valence electrons. The molecular formula is C50H40N2O2. The van der Waals surface area contributed by atoms with Crippen LogP contribution in [0.25, 0.3) is 54.6 Å². The van der Waals surface area contributed by atoms with Crippen LogP contribution in [-0.2, 0) is 0 Å². The van der Waals surface area contributed by atoms with E-state index in [0.29, 0.717) is 0 Å². The summed E-state index contributed by atoms with van der Waals surface area (Å²) in [5.41, 5.74) is 15.4. The van der Waals surface area contributed by atoms with Crippen LogP contribution in [0.2, 0.25) is 0 Å². The topological polar surface area (TPSA) is 32.8 Å². The second kappa shape index (κ2) is 12.6. The van der Waals surface area contributed by atoms with E-state index in [-0.39, 0.29) is 0 Å². The van der Waals surface area contributed by atoms with Gasteiger partial charge < -0.3 is 18.6 Å². The molecule has 4 nitrogen and oxygen atoms in total. The monoisotopic (exact) mass is 700 g/mol. The fourth-order valence-corrected chi connectivity index (χ4v) is 7.97. The van der Waals surface area contributed by atoms with Crippen molar-refractivity contribution in [3.05, 3.63) is 174 Å². The molecule has 2 aromatic heterocycles. The summed E-state index contributed by atoms with van der Waals surface area (Å²) < 4.78 is 13.2. The van der Waals surface area contributed by atoms with Crippen LogP contribution in [0.1, 0.15) is 36.5 Å². The molecule has 54 heavy (non-hydrogen) atoms. The Bertz CT molecular complexity index is 2910. The minimum atomic E-state index is 0.862. The van der Waals surface area contributed by atoms with Gasteiger partial charge in [0.15, 0.2) is 0 Å². The number of hydrogen-bond donors (Lipinski definition) is 0. The van der Waals surface area contributed by atoms with E-state index < -0.39 is 0 Å². The lowest BCUT2D eigenvalue weighted by molar-refractivity contribution is 0.668. The lowest BCUT2D eigenvalue weighted by Gasteiger charge is -2.29. The Morgan fingerprint density at radius 1 is 0.370 bits per heavy atom. The van der Waals surface area contributed by atoms with Crippen molar-refractivity contribution in [3.8, 4) is 0 Å². The molecule has 7 aromatic carbocycles. The molecule has 0 atom stereocenters. The molecule has 0 spiro atoms. The average Bonchev–Trinajstić information content (AvgIpc) is 3.72. The van der Waals surface area contributed by atoms with Gasteiger partial charge in [-0.3, -0.25) is 0 Å². The van der Waals surface area contributed by atoms with E-state index in [1.165, 1.54) is 28.0 Å². The SMILES string of the molecule is CC1=CC=C(N(c2ccc(C)cc2)c2ccc3c(c2)oc2cc4cc5oc6cc(N(c7ccc(C)cc7)c7ccc(C)cc7)ccc6c5cc4cc23)CC1. The molecule has 0 radical (unpaired) electrons. The summed E-state index contributed by atoms with van der Waals surface area (Å²) in [5, 5.41) is 6.68. The number of hydrogen-bond acceptors (Lipinski definition) is 4. The Hall–Kier alpha value is -6.52. The summed E-state index contributed by atoms with van der Waals surface area (Å²) in [6, 6.07) is 48.2. The molecule has 0 N–H and O–H groups in total. The highest BCUT2D eigenvalue weighted by Gasteiger charge is 2.20. The van der Waals surface area contributed by atoms with E-state index in [9.17, 15) is 0 Å². The zero-order valence-electron chi connectivity index (χ0n) is 31.0. The minimum Gasteiger partial charge on any atom is -0.456 e. The number of furan rings is 2. The molecule has 0 aliphatic heterocycles. The fourth-order valence-electron chi connectivity index (χ4n) is 7.97. The van der Waals surface area contributed by atoms with Gasteiger partial charge in [-0.25, -0.2) is 0 Å². The van der Waals surface area contributed by atoms with E-state index in [4.69, 9.17) is 8.83 Å². The van der Waals surface area contributed by atoms with Crippen LogP contribution < -0.4 is 9.80 Å². The van der Waals surface area contributed by atoms with Crippen molar-refractivity contribution in [3.63, 3.8) is 0 Å². The zero-order chi connectivity index (χ0) is 36.5. The first kappa shape index (κ1) is 32.2. The van der Waals surface area contributed by atoms with Crippen molar-refractivity contribution < 1.29 is 8.83 Å². The molecule has 1 aliphatic carbocycles. The second-order valence-corrected chi connectivity index (χ2v) is 15.0. The van der Waals surface area contributed by atoms with Crippen LogP contribution in [0.5, 0.6) is 0 Å². The maximum absolute atomic E-state index is 6.63. The molecule has 1 aliphatic rings. The first-order valence-electron chi connectivity index (χ1n) is 18.8. The van der Waals surface area contributed by atoms with Gasteiger partial charge in [0.05, 0.1) is 0 Å². The number of benzene rings is 7. The molecule has 0 unspecified atom stereocenters. The van der Waals surface area contributed by atoms with Crippen LogP contribution in [0.4, 0.5) is 28.4 Å². The van der Waals surface area contributed by atoms with Crippen molar-refractivity contribution >= 4 is 83.1 Å². The summed E-state index contributed by atoms with van der Waals surface area (Å²) in [7, 11) is 0. The molecule has 0 fully saturated rings. The van der Waals surface area contributed by atoms with Gasteiger partial charge in [0, 0.05) is 67.8 Å². The number of rotatable bonds is 6. The van der Waals surface area contributed by atoms with E-state index in [2.05, 4.69) is 183 Å². The standard InChI is InChI=1S/C50H40N2O2/c1-31-5-13-37(14-6-31)51(38-15-7-32(2)8-16-38)41-21-23-43-45-25-35-26-46-44-24-22-42(30-50(44)54-48(46)28-36(35)27-47(45)53-49(43)29-41)52(39-17-9-33(3)10-18-39)40-19-11-34(4)12-20-40/h5-11,13-19,21-30H,12,20H2,1-4H3. The van der Waals surface area contributed by atoms with Gasteiger partial charge in [-0.05, 0) is 142 Å². The predicted octanol–water partition coefficient (Wildman–Crippen LogP) is 14.8. The molecule has 0 saturated carbocycles. The molecule has 9 aromatic rings. The summed E-state index contributed by atoms with van der Waals surface area (Å²) in [4.78, 5) is 4.66. The van der Waals surface area contributed by atoms with Crippen molar-refractivity contribution in [1.82, 2.24) is 0 Å². The molecule has 10 rings (SSSR count). The van der Waals surface area contributed by atoms with Crippen LogP contribution >= 0.6 is 0 Å². The Morgan fingerprint density at radius 3 is 1.24 bits per heavy atom. The van der Waals surface area contributed by atoms with Gasteiger partial charge >= 0.3 is 0 Å². The van der Waals surface area contributed by atoms with Crippen LogP contribution in [0, 0.1) is 20.8 Å². The minimum absolute atomic E-state index is 0.862. The Kier molecular flexibility index (Phi) is 7.48.